The van der Waals surface area contributed by atoms with E-state index in [1.54, 1.807) is 18.2 Å². The normalized spacial score (nSPS) is 14.6. The largest absolute Gasteiger partial charge is 0.469 e. The number of nitrogens with one attached hydrogen (secondary N) is 1. The number of fused-ring (bicyclic) bond motifs is 1. The first-order chi connectivity index (χ1) is 14.2. The van der Waals surface area contributed by atoms with Crippen molar-refractivity contribution < 1.29 is 22.7 Å². The molecule has 0 saturated carbocycles. The third kappa shape index (κ3) is 5.20. The van der Waals surface area contributed by atoms with Crippen molar-refractivity contribution in [1.29, 1.82) is 0 Å². The lowest BCUT2D eigenvalue weighted by Crippen LogP contribution is -2.35. The SMILES string of the molecule is COC(=O)C[C@@H](NC(=O)c1ccc2c(c1)CCCN2S(C)(=O)=O)c1ccc(Br)cc1. The lowest BCUT2D eigenvalue weighted by molar-refractivity contribution is -0.141. The molecule has 1 amide bonds. The summed E-state index contributed by atoms with van der Waals surface area (Å²) in [6, 6.07) is 11.8. The van der Waals surface area contributed by atoms with Gasteiger partial charge < -0.3 is 10.1 Å². The highest BCUT2D eigenvalue weighted by atomic mass is 79.9. The average molecular weight is 495 g/mol. The van der Waals surface area contributed by atoms with Gasteiger partial charge in [-0.2, -0.15) is 0 Å². The quantitative estimate of drug-likeness (QED) is 0.622. The van der Waals surface area contributed by atoms with Gasteiger partial charge in [0.25, 0.3) is 5.91 Å². The third-order valence-corrected chi connectivity index (χ3v) is 6.70. The van der Waals surface area contributed by atoms with E-state index in [1.165, 1.54) is 17.7 Å². The van der Waals surface area contributed by atoms with Crippen LogP contribution in [-0.4, -0.2) is 40.2 Å². The molecule has 3 rings (SSSR count). The van der Waals surface area contributed by atoms with Gasteiger partial charge in [-0.05, 0) is 54.3 Å². The minimum atomic E-state index is -3.37. The number of nitrogens with zero attached hydrogens (tertiary/aromatic N) is 1. The van der Waals surface area contributed by atoms with Crippen LogP contribution < -0.4 is 9.62 Å². The summed E-state index contributed by atoms with van der Waals surface area (Å²) in [6.45, 7) is 0.433. The first-order valence-corrected chi connectivity index (χ1v) is 12.1. The number of methoxy groups -OCH3 is 1. The fourth-order valence-corrected chi connectivity index (χ4v) is 4.75. The standard InChI is InChI=1S/C21H23BrN2O5S/c1-29-20(25)13-18(14-5-8-17(22)9-6-14)23-21(26)16-7-10-19-15(12-16)4-3-11-24(19)30(2,27)28/h5-10,12,18H,3-4,11,13H2,1-2H3,(H,23,26)/t18-/m1/s1. The topological polar surface area (TPSA) is 92.8 Å². The monoisotopic (exact) mass is 494 g/mol. The predicted molar refractivity (Wildman–Crippen MR) is 118 cm³/mol. The third-order valence-electron chi connectivity index (χ3n) is 4.99. The van der Waals surface area contributed by atoms with Crippen molar-refractivity contribution in [2.24, 2.45) is 0 Å². The smallest absolute Gasteiger partial charge is 0.307 e. The summed E-state index contributed by atoms with van der Waals surface area (Å²) in [5.41, 5.74) is 2.61. The van der Waals surface area contributed by atoms with E-state index < -0.39 is 22.0 Å². The molecule has 0 saturated heterocycles. The number of sulfonamides is 1. The number of rotatable bonds is 6. The molecule has 1 aliphatic rings. The number of benzene rings is 2. The molecule has 0 aromatic heterocycles. The number of aryl methyl sites for hydroxylation is 1. The number of anilines is 1. The molecule has 0 spiro atoms. The Morgan fingerprint density at radius 3 is 2.53 bits per heavy atom. The van der Waals surface area contributed by atoms with Crippen LogP contribution in [0.25, 0.3) is 0 Å². The Balaban J connectivity index is 1.85. The molecule has 0 radical (unpaired) electrons. The van der Waals surface area contributed by atoms with Crippen molar-refractivity contribution in [1.82, 2.24) is 5.32 Å². The van der Waals surface area contributed by atoms with Crippen LogP contribution in [0.2, 0.25) is 0 Å². The Bertz CT molecular complexity index is 1050. The molecule has 0 aliphatic carbocycles. The van der Waals surface area contributed by atoms with Crippen molar-refractivity contribution in [3.63, 3.8) is 0 Å². The molecule has 0 fully saturated rings. The number of carbonyl (C=O) groups excluding carboxylic acids is 2. The van der Waals surface area contributed by atoms with Crippen LogP contribution in [-0.2, 0) is 26.0 Å². The van der Waals surface area contributed by atoms with E-state index in [-0.39, 0.29) is 12.3 Å². The maximum atomic E-state index is 12.9. The molecule has 1 aliphatic heterocycles. The van der Waals surface area contributed by atoms with E-state index >= 15 is 0 Å². The van der Waals surface area contributed by atoms with Gasteiger partial charge in [0.05, 0.1) is 31.5 Å². The summed E-state index contributed by atoms with van der Waals surface area (Å²) in [6.07, 6.45) is 2.56. The molecule has 7 nitrogen and oxygen atoms in total. The van der Waals surface area contributed by atoms with Crippen LogP contribution in [0.1, 0.15) is 40.4 Å². The molecule has 9 heteroatoms. The molecule has 30 heavy (non-hydrogen) atoms. The van der Waals surface area contributed by atoms with Gasteiger partial charge in [-0.3, -0.25) is 13.9 Å². The number of esters is 1. The van der Waals surface area contributed by atoms with Gasteiger partial charge in [-0.15, -0.1) is 0 Å². The Labute approximate surface area is 184 Å². The van der Waals surface area contributed by atoms with Crippen LogP contribution in [0, 0.1) is 0 Å². The average Bonchev–Trinajstić information content (AvgIpc) is 2.72. The Morgan fingerprint density at radius 1 is 1.20 bits per heavy atom. The first-order valence-electron chi connectivity index (χ1n) is 9.43. The van der Waals surface area contributed by atoms with Gasteiger partial charge in [-0.1, -0.05) is 28.1 Å². The molecule has 2 aromatic rings. The lowest BCUT2D eigenvalue weighted by atomic mass is 9.99. The molecular formula is C21H23BrN2O5S. The fourth-order valence-electron chi connectivity index (χ4n) is 3.49. The Hall–Kier alpha value is -2.39. The molecule has 1 N–H and O–H groups in total. The summed E-state index contributed by atoms with van der Waals surface area (Å²) in [4.78, 5) is 24.8. The summed E-state index contributed by atoms with van der Waals surface area (Å²) in [7, 11) is -2.06. The summed E-state index contributed by atoms with van der Waals surface area (Å²) >= 11 is 3.37. The Kier molecular flexibility index (Phi) is 6.82. The van der Waals surface area contributed by atoms with E-state index in [9.17, 15) is 18.0 Å². The highest BCUT2D eigenvalue weighted by molar-refractivity contribution is 9.10. The minimum Gasteiger partial charge on any atom is -0.469 e. The van der Waals surface area contributed by atoms with E-state index in [2.05, 4.69) is 21.2 Å². The van der Waals surface area contributed by atoms with Gasteiger partial charge >= 0.3 is 5.97 Å². The van der Waals surface area contributed by atoms with Gasteiger partial charge in [-0.25, -0.2) is 8.42 Å². The van der Waals surface area contributed by atoms with E-state index in [0.717, 1.165) is 15.6 Å². The zero-order valence-corrected chi connectivity index (χ0v) is 19.1. The second-order valence-corrected chi connectivity index (χ2v) is 9.96. The van der Waals surface area contributed by atoms with Crippen LogP contribution >= 0.6 is 15.9 Å². The molecule has 160 valence electrons. The van der Waals surface area contributed by atoms with Crippen molar-refractivity contribution in [3.05, 3.63) is 63.6 Å². The molecular weight excluding hydrogens is 472 g/mol. The first kappa shape index (κ1) is 22.3. The van der Waals surface area contributed by atoms with E-state index in [1.807, 2.05) is 24.3 Å². The second kappa shape index (κ2) is 9.18. The van der Waals surface area contributed by atoms with Crippen LogP contribution in [0.5, 0.6) is 0 Å². The zero-order chi connectivity index (χ0) is 21.9. The van der Waals surface area contributed by atoms with Crippen LogP contribution in [0.15, 0.2) is 46.9 Å². The highest BCUT2D eigenvalue weighted by Gasteiger charge is 2.25. The predicted octanol–water partition coefficient (Wildman–Crippen LogP) is 3.20. The number of amides is 1. The number of hydrogen-bond acceptors (Lipinski definition) is 5. The highest BCUT2D eigenvalue weighted by Crippen LogP contribution is 2.30. The van der Waals surface area contributed by atoms with Gasteiger partial charge in [0.15, 0.2) is 0 Å². The number of carbonyl (C=O) groups is 2. The van der Waals surface area contributed by atoms with E-state index in [4.69, 9.17) is 4.74 Å². The van der Waals surface area contributed by atoms with Gasteiger partial charge in [0.1, 0.15) is 0 Å². The number of ether oxygens (including phenoxy) is 1. The van der Waals surface area contributed by atoms with E-state index in [0.29, 0.717) is 30.6 Å². The molecule has 0 unspecified atom stereocenters. The molecule has 2 aromatic carbocycles. The molecule has 1 heterocycles. The van der Waals surface area contributed by atoms with Crippen molar-refractivity contribution >= 4 is 43.5 Å². The van der Waals surface area contributed by atoms with Gasteiger partial charge in [0.2, 0.25) is 10.0 Å². The summed E-state index contributed by atoms with van der Waals surface area (Å²) < 4.78 is 31.1. The minimum absolute atomic E-state index is 0.00330. The van der Waals surface area contributed by atoms with Crippen molar-refractivity contribution in [2.75, 3.05) is 24.2 Å². The lowest BCUT2D eigenvalue weighted by Gasteiger charge is -2.29. The summed E-state index contributed by atoms with van der Waals surface area (Å²) in [5.74, 6) is -0.774. The number of halogens is 1. The molecule has 0 bridgehead atoms. The summed E-state index contributed by atoms with van der Waals surface area (Å²) in [5, 5.41) is 2.90. The Morgan fingerprint density at radius 2 is 1.90 bits per heavy atom. The second-order valence-electron chi connectivity index (χ2n) is 7.14. The van der Waals surface area contributed by atoms with Crippen LogP contribution in [0.4, 0.5) is 5.69 Å². The van der Waals surface area contributed by atoms with Gasteiger partial charge in [0, 0.05) is 16.6 Å². The van der Waals surface area contributed by atoms with Crippen molar-refractivity contribution in [2.45, 2.75) is 25.3 Å². The maximum Gasteiger partial charge on any atom is 0.307 e. The van der Waals surface area contributed by atoms with Crippen LogP contribution in [0.3, 0.4) is 0 Å². The number of hydrogen-bond donors (Lipinski definition) is 1. The fraction of sp³-hybridized carbons (Fsp3) is 0.333. The van der Waals surface area contributed by atoms with Crippen molar-refractivity contribution in [3.8, 4) is 0 Å². The maximum absolute atomic E-state index is 12.9. The molecule has 1 atom stereocenters. The zero-order valence-electron chi connectivity index (χ0n) is 16.7.